The first-order valence-electron chi connectivity index (χ1n) is 8.96. The van der Waals surface area contributed by atoms with Gasteiger partial charge in [0.15, 0.2) is 0 Å². The first-order valence-corrected chi connectivity index (χ1v) is 10.4. The van der Waals surface area contributed by atoms with Gasteiger partial charge < -0.3 is 26.2 Å². The SMILES string of the molecule is CSCC(=O)N1CC(NC(=O)Nc2ccc(F)cc2F)CC1C(=O)N(C)CC(N)=O. The van der Waals surface area contributed by atoms with E-state index in [4.69, 9.17) is 5.73 Å². The molecule has 1 aromatic rings. The van der Waals surface area contributed by atoms with Crippen LogP contribution in [0.3, 0.4) is 0 Å². The Balaban J connectivity index is 2.07. The normalized spacial score (nSPS) is 18.1. The first-order chi connectivity index (χ1) is 14.1. The van der Waals surface area contributed by atoms with E-state index in [0.717, 1.165) is 17.0 Å². The van der Waals surface area contributed by atoms with Gasteiger partial charge in [-0.05, 0) is 24.8 Å². The molecule has 0 saturated carbocycles. The average Bonchev–Trinajstić information content (AvgIpc) is 3.06. The number of hydrogen-bond acceptors (Lipinski definition) is 5. The average molecular weight is 443 g/mol. The van der Waals surface area contributed by atoms with Crippen LogP contribution in [-0.2, 0) is 14.4 Å². The molecule has 0 aromatic heterocycles. The highest BCUT2D eigenvalue weighted by molar-refractivity contribution is 7.99. The fraction of sp³-hybridized carbons (Fsp3) is 0.444. The third-order valence-corrected chi connectivity index (χ3v) is 4.99. The van der Waals surface area contributed by atoms with Gasteiger partial charge in [0.2, 0.25) is 17.7 Å². The minimum Gasteiger partial charge on any atom is -0.368 e. The molecule has 1 fully saturated rings. The monoisotopic (exact) mass is 443 g/mol. The van der Waals surface area contributed by atoms with Crippen LogP contribution in [0.4, 0.5) is 19.3 Å². The number of hydrogen-bond donors (Lipinski definition) is 3. The van der Waals surface area contributed by atoms with Crippen LogP contribution >= 0.6 is 11.8 Å². The molecule has 5 amide bonds. The van der Waals surface area contributed by atoms with E-state index in [1.807, 2.05) is 0 Å². The summed E-state index contributed by atoms with van der Waals surface area (Å²) in [6, 6.07) is 0.495. The first kappa shape index (κ1) is 23.4. The summed E-state index contributed by atoms with van der Waals surface area (Å²) in [6.45, 7) is -0.234. The molecule has 0 radical (unpaired) electrons. The van der Waals surface area contributed by atoms with Gasteiger partial charge in [0.05, 0.1) is 24.0 Å². The maximum Gasteiger partial charge on any atom is 0.319 e. The molecule has 1 aromatic carbocycles. The third-order valence-electron chi connectivity index (χ3n) is 4.46. The lowest BCUT2D eigenvalue weighted by Crippen LogP contribution is -2.48. The highest BCUT2D eigenvalue weighted by Crippen LogP contribution is 2.22. The van der Waals surface area contributed by atoms with Gasteiger partial charge in [0.25, 0.3) is 0 Å². The second kappa shape index (κ2) is 10.2. The van der Waals surface area contributed by atoms with E-state index in [9.17, 15) is 28.0 Å². The molecule has 1 aliphatic rings. The maximum atomic E-state index is 13.7. The molecule has 1 saturated heterocycles. The van der Waals surface area contributed by atoms with E-state index in [2.05, 4.69) is 10.6 Å². The van der Waals surface area contributed by atoms with Gasteiger partial charge in [-0.1, -0.05) is 0 Å². The molecule has 1 heterocycles. The van der Waals surface area contributed by atoms with Crippen LogP contribution in [-0.4, -0.2) is 77.8 Å². The highest BCUT2D eigenvalue weighted by Gasteiger charge is 2.41. The minimum atomic E-state index is -0.936. The molecule has 0 spiro atoms. The number of carbonyl (C=O) groups excluding carboxylic acids is 4. The van der Waals surface area contributed by atoms with Crippen molar-refractivity contribution in [3.05, 3.63) is 29.8 Å². The minimum absolute atomic E-state index is 0.0690. The Labute approximate surface area is 176 Å². The quantitative estimate of drug-likeness (QED) is 0.561. The zero-order valence-electron chi connectivity index (χ0n) is 16.5. The summed E-state index contributed by atoms with van der Waals surface area (Å²) in [5, 5.41) is 4.86. The van der Waals surface area contributed by atoms with Crippen LogP contribution < -0.4 is 16.4 Å². The van der Waals surface area contributed by atoms with Crippen molar-refractivity contribution in [3.8, 4) is 0 Å². The van der Waals surface area contributed by atoms with Gasteiger partial charge in [-0.25, -0.2) is 13.6 Å². The Bertz CT molecular complexity index is 841. The van der Waals surface area contributed by atoms with E-state index in [0.29, 0.717) is 6.07 Å². The Morgan fingerprint density at radius 3 is 2.60 bits per heavy atom. The van der Waals surface area contributed by atoms with E-state index in [-0.39, 0.29) is 36.9 Å². The number of benzene rings is 1. The number of amides is 5. The van der Waals surface area contributed by atoms with E-state index in [1.165, 1.54) is 23.7 Å². The third kappa shape index (κ3) is 6.05. The summed E-state index contributed by atoms with van der Waals surface area (Å²) < 4.78 is 26.7. The van der Waals surface area contributed by atoms with Crippen molar-refractivity contribution >= 4 is 41.2 Å². The fourth-order valence-corrected chi connectivity index (χ4v) is 3.57. The summed E-state index contributed by atoms with van der Waals surface area (Å²) in [6.07, 6.45) is 1.85. The summed E-state index contributed by atoms with van der Waals surface area (Å²) in [5.41, 5.74) is 4.91. The smallest absolute Gasteiger partial charge is 0.319 e. The van der Waals surface area contributed by atoms with Crippen LogP contribution in [0.5, 0.6) is 0 Å². The largest absolute Gasteiger partial charge is 0.368 e. The Hall–Kier alpha value is -2.89. The van der Waals surface area contributed by atoms with Crippen molar-refractivity contribution in [2.45, 2.75) is 18.5 Å². The molecule has 1 aliphatic heterocycles. The van der Waals surface area contributed by atoms with Gasteiger partial charge in [-0.2, -0.15) is 11.8 Å². The summed E-state index contributed by atoms with van der Waals surface area (Å²) in [4.78, 5) is 50.9. The molecule has 164 valence electrons. The molecular formula is C18H23F2N5O4S. The number of likely N-dealkylation sites (tertiary alicyclic amines) is 1. The van der Waals surface area contributed by atoms with Crippen molar-refractivity contribution in [2.75, 3.05) is 37.5 Å². The number of primary amides is 1. The number of halogens is 2. The number of rotatable bonds is 7. The van der Waals surface area contributed by atoms with Crippen molar-refractivity contribution < 1.29 is 28.0 Å². The number of anilines is 1. The van der Waals surface area contributed by atoms with Gasteiger partial charge in [-0.15, -0.1) is 0 Å². The molecule has 4 N–H and O–H groups in total. The van der Waals surface area contributed by atoms with Gasteiger partial charge >= 0.3 is 6.03 Å². The lowest BCUT2D eigenvalue weighted by atomic mass is 10.1. The second-order valence-electron chi connectivity index (χ2n) is 6.81. The van der Waals surface area contributed by atoms with Crippen molar-refractivity contribution in [3.63, 3.8) is 0 Å². The molecule has 2 unspecified atom stereocenters. The molecule has 0 bridgehead atoms. The number of likely N-dealkylation sites (N-methyl/N-ethyl adjacent to an activating group) is 1. The molecule has 9 nitrogen and oxygen atoms in total. The van der Waals surface area contributed by atoms with Crippen LogP contribution in [0.15, 0.2) is 18.2 Å². The highest BCUT2D eigenvalue weighted by atomic mass is 32.2. The number of nitrogens with one attached hydrogen (secondary N) is 2. The topological polar surface area (TPSA) is 125 Å². The van der Waals surface area contributed by atoms with Crippen molar-refractivity contribution in [1.82, 2.24) is 15.1 Å². The Morgan fingerprint density at radius 1 is 1.30 bits per heavy atom. The summed E-state index contributed by atoms with van der Waals surface area (Å²) >= 11 is 1.29. The van der Waals surface area contributed by atoms with E-state index >= 15 is 0 Å². The van der Waals surface area contributed by atoms with E-state index < -0.39 is 41.6 Å². The fourth-order valence-electron chi connectivity index (χ4n) is 3.16. The maximum absolute atomic E-state index is 13.7. The molecule has 12 heteroatoms. The summed E-state index contributed by atoms with van der Waals surface area (Å²) in [5.74, 6) is -3.03. The zero-order valence-corrected chi connectivity index (χ0v) is 17.3. The number of nitrogens with two attached hydrogens (primary N) is 1. The van der Waals surface area contributed by atoms with Crippen molar-refractivity contribution in [1.29, 1.82) is 0 Å². The van der Waals surface area contributed by atoms with Crippen LogP contribution in [0, 0.1) is 11.6 Å². The van der Waals surface area contributed by atoms with Crippen molar-refractivity contribution in [2.24, 2.45) is 5.73 Å². The lowest BCUT2D eigenvalue weighted by molar-refractivity contribution is -0.142. The van der Waals surface area contributed by atoms with Gasteiger partial charge in [-0.3, -0.25) is 14.4 Å². The summed E-state index contributed by atoms with van der Waals surface area (Å²) in [7, 11) is 1.40. The molecule has 2 rings (SSSR count). The van der Waals surface area contributed by atoms with Gasteiger partial charge in [0, 0.05) is 19.7 Å². The number of thioether (sulfide) groups is 1. The zero-order chi connectivity index (χ0) is 22.4. The molecule has 0 aliphatic carbocycles. The second-order valence-corrected chi connectivity index (χ2v) is 7.68. The molecule has 2 atom stereocenters. The van der Waals surface area contributed by atoms with Crippen LogP contribution in [0.1, 0.15) is 6.42 Å². The van der Waals surface area contributed by atoms with Crippen LogP contribution in [0.2, 0.25) is 0 Å². The predicted octanol–water partition coefficient (Wildman–Crippen LogP) is 0.363. The number of urea groups is 1. The number of nitrogens with zero attached hydrogens (tertiary/aromatic N) is 2. The molecular weight excluding hydrogens is 420 g/mol. The lowest BCUT2D eigenvalue weighted by Gasteiger charge is -2.27. The Morgan fingerprint density at radius 2 is 2.00 bits per heavy atom. The standard InChI is InChI=1S/C18H23F2N5O4S/c1-24(8-15(21)26)17(28)14-6-11(7-25(14)16(27)9-30-2)22-18(29)23-13-4-3-10(19)5-12(13)20/h3-5,11,14H,6-9H2,1-2H3,(H2,21,26)(H2,22,23,29). The van der Waals surface area contributed by atoms with Crippen LogP contribution in [0.25, 0.3) is 0 Å². The Kier molecular flexibility index (Phi) is 7.98. The predicted molar refractivity (Wildman–Crippen MR) is 108 cm³/mol. The molecule has 30 heavy (non-hydrogen) atoms. The van der Waals surface area contributed by atoms with E-state index in [1.54, 1.807) is 6.26 Å². The number of carbonyl (C=O) groups is 4. The van der Waals surface area contributed by atoms with Gasteiger partial charge in [0.1, 0.15) is 17.7 Å².